The lowest BCUT2D eigenvalue weighted by atomic mass is 9.80. The third kappa shape index (κ3) is 2.65. The van der Waals surface area contributed by atoms with Gasteiger partial charge in [-0.2, -0.15) is 0 Å². The molecule has 0 saturated heterocycles. The van der Waals surface area contributed by atoms with Gasteiger partial charge in [-0.15, -0.1) is 0 Å². The van der Waals surface area contributed by atoms with Crippen LogP contribution >= 0.6 is 0 Å². The average molecular weight is 227 g/mol. The van der Waals surface area contributed by atoms with Crippen molar-refractivity contribution in [3.05, 3.63) is 10.1 Å². The molecule has 0 aromatic rings. The Morgan fingerprint density at radius 3 is 2.62 bits per heavy atom. The lowest BCUT2D eigenvalue weighted by molar-refractivity contribution is -0.554. The molecule has 1 aliphatic carbocycles. The molecule has 5 heteroatoms. The van der Waals surface area contributed by atoms with E-state index in [0.29, 0.717) is 12.7 Å². The summed E-state index contributed by atoms with van der Waals surface area (Å²) >= 11 is 0. The summed E-state index contributed by atoms with van der Waals surface area (Å²) in [7, 11) is 0. The molecule has 1 rings (SSSR count). The van der Waals surface area contributed by atoms with E-state index in [-0.39, 0.29) is 31.5 Å². The first-order chi connectivity index (χ1) is 7.63. The fraction of sp³-hybridized carbons (Fsp3) is 0.818. The lowest BCUT2D eigenvalue weighted by Crippen LogP contribution is -2.47. The summed E-state index contributed by atoms with van der Waals surface area (Å²) in [5, 5.41) is 11.1. The van der Waals surface area contributed by atoms with Crippen LogP contribution in [0.5, 0.6) is 0 Å². The van der Waals surface area contributed by atoms with Crippen LogP contribution in [0.4, 0.5) is 0 Å². The van der Waals surface area contributed by atoms with Gasteiger partial charge in [0.05, 0.1) is 0 Å². The summed E-state index contributed by atoms with van der Waals surface area (Å²) in [6, 6.07) is 0. The Kier molecular flexibility index (Phi) is 4.58. The first-order valence-electron chi connectivity index (χ1n) is 5.75. The average Bonchev–Trinajstić information content (AvgIpc) is 2.23. The molecule has 0 radical (unpaired) electrons. The molecule has 0 aromatic carbocycles. The summed E-state index contributed by atoms with van der Waals surface area (Å²) in [6.45, 7) is 0. The summed E-state index contributed by atoms with van der Waals surface area (Å²) in [5.41, 5.74) is -1.48. The summed E-state index contributed by atoms with van der Waals surface area (Å²) in [5.74, 6) is -0.293. The third-order valence-electron chi connectivity index (χ3n) is 3.29. The lowest BCUT2D eigenvalue weighted by Gasteiger charge is -2.25. The Balaban J connectivity index is 2.87. The highest BCUT2D eigenvalue weighted by atomic mass is 16.6. The highest BCUT2D eigenvalue weighted by Crippen LogP contribution is 2.30. The number of carbonyl (C=O) groups is 2. The van der Waals surface area contributed by atoms with Crippen molar-refractivity contribution in [1.29, 1.82) is 0 Å². The number of rotatable bonds is 4. The van der Waals surface area contributed by atoms with Crippen LogP contribution in [0.25, 0.3) is 0 Å². The van der Waals surface area contributed by atoms with Crippen LogP contribution in [0.15, 0.2) is 0 Å². The molecule has 0 aromatic heterocycles. The van der Waals surface area contributed by atoms with Crippen LogP contribution in [0.2, 0.25) is 0 Å². The quantitative estimate of drug-likeness (QED) is 0.417. The number of hydrogen-bond donors (Lipinski definition) is 0. The minimum absolute atomic E-state index is 0.0579. The molecule has 0 N–H and O–H groups in total. The van der Waals surface area contributed by atoms with Gasteiger partial charge in [-0.1, -0.05) is 12.8 Å². The Morgan fingerprint density at radius 2 is 2.00 bits per heavy atom. The number of hydrogen-bond acceptors (Lipinski definition) is 4. The third-order valence-corrected chi connectivity index (χ3v) is 3.29. The van der Waals surface area contributed by atoms with E-state index in [9.17, 15) is 19.7 Å². The first kappa shape index (κ1) is 12.8. The Hall–Kier alpha value is -1.26. The molecule has 0 heterocycles. The Morgan fingerprint density at radius 1 is 1.31 bits per heavy atom. The molecule has 90 valence electrons. The predicted octanol–water partition coefficient (Wildman–Crippen LogP) is 1.90. The molecule has 0 spiro atoms. The first-order valence-corrected chi connectivity index (χ1v) is 5.75. The van der Waals surface area contributed by atoms with Crippen molar-refractivity contribution >= 4 is 12.1 Å². The van der Waals surface area contributed by atoms with Crippen molar-refractivity contribution in [2.45, 2.75) is 56.9 Å². The van der Waals surface area contributed by atoms with Gasteiger partial charge in [0.25, 0.3) is 5.54 Å². The molecule has 1 atom stereocenters. The van der Waals surface area contributed by atoms with Crippen molar-refractivity contribution < 1.29 is 14.5 Å². The topological polar surface area (TPSA) is 77.3 Å². The van der Waals surface area contributed by atoms with Crippen LogP contribution in [0.1, 0.15) is 51.4 Å². The van der Waals surface area contributed by atoms with Crippen molar-refractivity contribution in [3.8, 4) is 0 Å². The smallest absolute Gasteiger partial charge is 0.279 e. The maximum Gasteiger partial charge on any atom is 0.279 e. The van der Waals surface area contributed by atoms with E-state index in [1.807, 2.05) is 0 Å². The number of ketones is 1. The predicted molar refractivity (Wildman–Crippen MR) is 57.7 cm³/mol. The van der Waals surface area contributed by atoms with E-state index in [2.05, 4.69) is 0 Å². The van der Waals surface area contributed by atoms with Crippen molar-refractivity contribution in [3.63, 3.8) is 0 Å². The van der Waals surface area contributed by atoms with Crippen LogP contribution in [-0.2, 0) is 9.59 Å². The zero-order valence-electron chi connectivity index (χ0n) is 9.31. The summed E-state index contributed by atoms with van der Waals surface area (Å²) in [4.78, 5) is 32.9. The molecule has 1 unspecified atom stereocenters. The number of carbonyl (C=O) groups excluding carboxylic acids is 2. The second-order valence-electron chi connectivity index (χ2n) is 4.33. The van der Waals surface area contributed by atoms with E-state index in [1.165, 1.54) is 0 Å². The van der Waals surface area contributed by atoms with E-state index in [4.69, 9.17) is 0 Å². The minimum Gasteiger partial charge on any atom is -0.303 e. The zero-order valence-corrected chi connectivity index (χ0v) is 9.31. The summed E-state index contributed by atoms with van der Waals surface area (Å²) < 4.78 is 0. The molecule has 0 aliphatic heterocycles. The number of aldehydes is 1. The second kappa shape index (κ2) is 5.72. The molecule has 1 aliphatic rings. The fourth-order valence-corrected chi connectivity index (χ4v) is 2.28. The van der Waals surface area contributed by atoms with Gasteiger partial charge in [0, 0.05) is 30.6 Å². The monoisotopic (exact) mass is 227 g/mol. The molecule has 16 heavy (non-hydrogen) atoms. The van der Waals surface area contributed by atoms with Crippen LogP contribution in [0.3, 0.4) is 0 Å². The van der Waals surface area contributed by atoms with Crippen molar-refractivity contribution in [2.75, 3.05) is 0 Å². The fourth-order valence-electron chi connectivity index (χ4n) is 2.28. The van der Waals surface area contributed by atoms with Gasteiger partial charge in [0.15, 0.2) is 0 Å². The van der Waals surface area contributed by atoms with Gasteiger partial charge in [0.2, 0.25) is 5.78 Å². The van der Waals surface area contributed by atoms with E-state index in [1.54, 1.807) is 0 Å². The van der Waals surface area contributed by atoms with Gasteiger partial charge < -0.3 is 4.79 Å². The molecule has 1 fully saturated rings. The number of Topliss-reactive ketones (excluding diaryl/α,β-unsaturated/α-hetero) is 1. The van der Waals surface area contributed by atoms with Crippen molar-refractivity contribution in [2.24, 2.45) is 0 Å². The standard InChI is InChI=1S/C11H17NO4/c13-9-5-8-11(12(15)16)7-4-2-1-3-6-10(11)14/h9H,1-8H2. The van der Waals surface area contributed by atoms with Gasteiger partial charge in [-0.3, -0.25) is 14.9 Å². The van der Waals surface area contributed by atoms with Gasteiger partial charge >= 0.3 is 0 Å². The number of nitro groups is 1. The number of nitrogens with zero attached hydrogens (tertiary/aromatic N) is 1. The van der Waals surface area contributed by atoms with Crippen LogP contribution in [0, 0.1) is 10.1 Å². The highest BCUT2D eigenvalue weighted by molar-refractivity contribution is 5.87. The molecule has 0 bridgehead atoms. The second-order valence-corrected chi connectivity index (χ2v) is 4.33. The van der Waals surface area contributed by atoms with E-state index in [0.717, 1.165) is 19.3 Å². The maximum atomic E-state index is 11.9. The highest BCUT2D eigenvalue weighted by Gasteiger charge is 2.48. The molecular weight excluding hydrogens is 210 g/mol. The van der Waals surface area contributed by atoms with Gasteiger partial charge in [-0.25, -0.2) is 0 Å². The van der Waals surface area contributed by atoms with Crippen LogP contribution in [-0.4, -0.2) is 22.5 Å². The normalized spacial score (nSPS) is 26.9. The maximum absolute atomic E-state index is 11.9. The molecule has 1 saturated carbocycles. The van der Waals surface area contributed by atoms with Gasteiger partial charge in [0.1, 0.15) is 6.29 Å². The Bertz CT molecular complexity index is 290. The summed E-state index contributed by atoms with van der Waals surface area (Å²) in [6.07, 6.45) is 4.69. The van der Waals surface area contributed by atoms with Gasteiger partial charge in [-0.05, 0) is 12.8 Å². The largest absolute Gasteiger partial charge is 0.303 e. The van der Waals surface area contributed by atoms with E-state index >= 15 is 0 Å². The SMILES string of the molecule is O=CCCC1([N+](=O)[O-])CCCCCCC1=O. The molecule has 5 nitrogen and oxygen atoms in total. The molecule has 0 amide bonds. The van der Waals surface area contributed by atoms with Crippen LogP contribution < -0.4 is 0 Å². The Labute approximate surface area is 94.4 Å². The molecular formula is C11H17NO4. The van der Waals surface area contributed by atoms with Crippen molar-refractivity contribution in [1.82, 2.24) is 0 Å². The zero-order chi connectivity index (χ0) is 12.0. The minimum atomic E-state index is -1.48. The van der Waals surface area contributed by atoms with E-state index < -0.39 is 10.5 Å².